The number of para-hydroxylation sites is 2. The number of benzene rings is 4. The number of sulfone groups is 2. The lowest BCUT2D eigenvalue weighted by Crippen LogP contribution is -2.49. The molecular weight excluding hydrogens is 970 g/mol. The number of hydrogen-bond donors (Lipinski definition) is 1. The van der Waals surface area contributed by atoms with Gasteiger partial charge < -0.3 is 19.5 Å². The molecule has 0 saturated carbocycles. The summed E-state index contributed by atoms with van der Waals surface area (Å²) in [4.78, 5) is 55.7. The molecule has 0 radical (unpaired) electrons. The molecule has 24 heteroatoms. The highest BCUT2D eigenvalue weighted by molar-refractivity contribution is 7.91. The Labute approximate surface area is 392 Å². The predicted octanol–water partition coefficient (Wildman–Crippen LogP) is 6.95. The zero-order chi connectivity index (χ0) is 48.5. The van der Waals surface area contributed by atoms with Crippen LogP contribution in [0.2, 0.25) is 10.0 Å². The average Bonchev–Trinajstić information content (AvgIpc) is 3.81. The van der Waals surface area contributed by atoms with Crippen LogP contribution in [-0.2, 0) is 37.6 Å². The molecule has 2 fully saturated rings. The Hall–Kier alpha value is -6.10. The Morgan fingerprint density at radius 2 is 1.12 bits per heavy atom. The molecule has 0 aliphatic carbocycles. The second kappa shape index (κ2) is 22.1. The highest BCUT2D eigenvalue weighted by atomic mass is 35.5. The first kappa shape index (κ1) is 50.3. The summed E-state index contributed by atoms with van der Waals surface area (Å²) in [5, 5.41) is 9.21. The van der Waals surface area contributed by atoms with E-state index in [-0.39, 0.29) is 95.8 Å². The van der Waals surface area contributed by atoms with E-state index in [2.05, 4.69) is 10.2 Å². The van der Waals surface area contributed by atoms with E-state index in [1.54, 1.807) is 66.7 Å². The molecule has 1 aromatic heterocycles. The number of nitrogens with zero attached hydrogens (tertiary/aromatic N) is 6. The summed E-state index contributed by atoms with van der Waals surface area (Å²) in [5.74, 6) is -3.41. The third-order valence-electron chi connectivity index (χ3n) is 10.4. The lowest BCUT2D eigenvalue weighted by atomic mass is 10.1. The third-order valence-corrected chi connectivity index (χ3v) is 14.3. The standard InChI is InChI=1S/C22H22ClF2N3O5S.C21H19ClF2N4O4S/c23-18-12-15(19(29)13-26-21(30)20(24)25)6-7-16(18)14-28(17-4-2-1-3-5-17)22(31)27-8-10-34(32,33)11-9-27;22-17-12-14(19-25-26-20(32-19)18(23)24)6-7-15(17)13-28(16-4-2-1-3-5-16)21(29)27-8-10-33(30,31)11-9-27/h1-7,12,20H,8-11,13-14H2,(H,26,30);1-7,12,18H,8-11,13H2. The molecule has 4 aromatic carbocycles. The van der Waals surface area contributed by atoms with E-state index in [1.807, 2.05) is 11.4 Å². The van der Waals surface area contributed by atoms with Crippen molar-refractivity contribution in [3.63, 3.8) is 0 Å². The molecule has 356 valence electrons. The number of amides is 5. The summed E-state index contributed by atoms with van der Waals surface area (Å²) >= 11 is 12.8. The normalized spacial score (nSPS) is 15.3. The number of carbonyl (C=O) groups is 4. The number of aromatic nitrogens is 2. The van der Waals surface area contributed by atoms with Gasteiger partial charge in [0.2, 0.25) is 5.89 Å². The number of hydrogen-bond acceptors (Lipinski definition) is 11. The van der Waals surface area contributed by atoms with Crippen molar-refractivity contribution in [3.05, 3.63) is 130 Å². The summed E-state index contributed by atoms with van der Waals surface area (Å²) in [6.07, 6.45) is -6.10. The maximum absolute atomic E-state index is 13.3. The zero-order valence-corrected chi connectivity index (χ0v) is 38.3. The highest BCUT2D eigenvalue weighted by Gasteiger charge is 2.31. The second-order valence-electron chi connectivity index (χ2n) is 15.0. The van der Waals surface area contributed by atoms with E-state index in [4.69, 9.17) is 27.6 Å². The minimum absolute atomic E-state index is 0.0432. The van der Waals surface area contributed by atoms with Gasteiger partial charge in [0.1, 0.15) is 0 Å². The quantitative estimate of drug-likeness (QED) is 0.100. The fraction of sp³-hybridized carbons (Fsp3) is 0.302. The first-order chi connectivity index (χ1) is 31.8. The van der Waals surface area contributed by atoms with E-state index >= 15 is 0 Å². The van der Waals surface area contributed by atoms with Crippen molar-refractivity contribution < 1.29 is 58.0 Å². The molecular formula is C43H41Cl2F4N7O9S2. The largest absolute Gasteiger partial charge is 0.415 e. The van der Waals surface area contributed by atoms with Crippen molar-refractivity contribution in [1.29, 1.82) is 0 Å². The Balaban J connectivity index is 0.000000221. The minimum atomic E-state index is -3.22. The fourth-order valence-corrected chi connectivity index (χ4v) is 9.57. The number of Topliss-reactive ketones (excluding diaryl/α,β-unsaturated/α-hetero) is 1. The van der Waals surface area contributed by atoms with Gasteiger partial charge in [-0.15, -0.1) is 10.2 Å². The number of alkyl halides is 4. The van der Waals surface area contributed by atoms with Gasteiger partial charge >= 0.3 is 24.9 Å². The monoisotopic (exact) mass is 1010 g/mol. The number of rotatable bonds is 12. The van der Waals surface area contributed by atoms with Crippen molar-refractivity contribution in [1.82, 2.24) is 25.3 Å². The molecule has 2 aliphatic rings. The Morgan fingerprint density at radius 1 is 0.657 bits per heavy atom. The molecule has 5 aromatic rings. The van der Waals surface area contributed by atoms with E-state index in [1.165, 1.54) is 43.9 Å². The summed E-state index contributed by atoms with van der Waals surface area (Å²) in [6.45, 7) is -0.0716. The van der Waals surface area contributed by atoms with E-state index < -0.39 is 56.7 Å². The third kappa shape index (κ3) is 13.5. The number of urea groups is 2. The molecule has 67 heavy (non-hydrogen) atoms. The first-order valence-corrected chi connectivity index (χ1v) is 24.6. The SMILES string of the molecule is O=C(CNC(=O)C(F)F)c1ccc(CN(C(=O)N2CCS(=O)(=O)CC2)c2ccccc2)c(Cl)c1.O=C(N1CCS(=O)(=O)CC1)N(Cc1ccc(-c2nnc(C(F)F)o2)cc1Cl)c1ccccc1. The maximum Gasteiger partial charge on any atom is 0.324 e. The molecule has 2 saturated heterocycles. The van der Waals surface area contributed by atoms with Crippen LogP contribution in [0, 0.1) is 0 Å². The number of anilines is 2. The lowest BCUT2D eigenvalue weighted by Gasteiger charge is -2.33. The lowest BCUT2D eigenvalue weighted by molar-refractivity contribution is -0.131. The fourth-order valence-electron chi connectivity index (χ4n) is 6.69. The van der Waals surface area contributed by atoms with Gasteiger partial charge in [-0.25, -0.2) is 26.4 Å². The topological polar surface area (TPSA) is 200 Å². The number of halogens is 6. The molecule has 0 unspecified atom stereocenters. The molecule has 16 nitrogen and oxygen atoms in total. The van der Waals surface area contributed by atoms with Gasteiger partial charge in [0.15, 0.2) is 25.5 Å². The van der Waals surface area contributed by atoms with Crippen LogP contribution in [0.3, 0.4) is 0 Å². The minimum Gasteiger partial charge on any atom is -0.415 e. The van der Waals surface area contributed by atoms with Crippen molar-refractivity contribution >= 4 is 78.0 Å². The number of ketones is 1. The van der Waals surface area contributed by atoms with E-state index in [0.717, 1.165) is 0 Å². The van der Waals surface area contributed by atoms with Crippen LogP contribution in [0.15, 0.2) is 101 Å². The van der Waals surface area contributed by atoms with E-state index in [0.29, 0.717) is 28.1 Å². The zero-order valence-electron chi connectivity index (χ0n) is 35.1. The average molecular weight is 1010 g/mol. The molecule has 5 amide bonds. The van der Waals surface area contributed by atoms with Crippen molar-refractivity contribution in [2.45, 2.75) is 25.9 Å². The van der Waals surface area contributed by atoms with Gasteiger partial charge in [0.25, 0.3) is 11.8 Å². The van der Waals surface area contributed by atoms with Crippen LogP contribution >= 0.6 is 23.2 Å². The van der Waals surface area contributed by atoms with Gasteiger partial charge in [-0.3, -0.25) is 19.4 Å². The van der Waals surface area contributed by atoms with Gasteiger partial charge in [0, 0.05) is 58.7 Å². The maximum atomic E-state index is 13.3. The van der Waals surface area contributed by atoms with Gasteiger partial charge in [-0.05, 0) is 53.6 Å². The summed E-state index contributed by atoms with van der Waals surface area (Å²) < 4.78 is 102. The van der Waals surface area contributed by atoms with Gasteiger partial charge in [-0.1, -0.05) is 77.8 Å². The Morgan fingerprint density at radius 3 is 1.54 bits per heavy atom. The van der Waals surface area contributed by atoms with Crippen LogP contribution < -0.4 is 15.1 Å². The molecule has 0 bridgehead atoms. The van der Waals surface area contributed by atoms with Gasteiger partial charge in [0.05, 0.1) is 42.6 Å². The molecule has 0 atom stereocenters. The van der Waals surface area contributed by atoms with Crippen LogP contribution in [0.4, 0.5) is 38.5 Å². The smallest absolute Gasteiger partial charge is 0.324 e. The van der Waals surface area contributed by atoms with Crippen molar-refractivity contribution in [3.8, 4) is 11.5 Å². The summed E-state index contributed by atoms with van der Waals surface area (Å²) in [6, 6.07) is 26.0. The van der Waals surface area contributed by atoms with Crippen LogP contribution in [0.5, 0.6) is 0 Å². The van der Waals surface area contributed by atoms with Crippen LogP contribution in [0.25, 0.3) is 11.5 Å². The molecule has 1 N–H and O–H groups in total. The Bertz CT molecular complexity index is 2780. The Kier molecular flexibility index (Phi) is 16.6. The van der Waals surface area contributed by atoms with Crippen molar-refractivity contribution in [2.75, 3.05) is 65.5 Å². The summed E-state index contributed by atoms with van der Waals surface area (Å²) in [7, 11) is -6.31. The predicted molar refractivity (Wildman–Crippen MR) is 241 cm³/mol. The number of nitrogens with one attached hydrogen (secondary N) is 1. The summed E-state index contributed by atoms with van der Waals surface area (Å²) in [5.41, 5.74) is 2.78. The molecule has 0 spiro atoms. The highest BCUT2D eigenvalue weighted by Crippen LogP contribution is 2.30. The molecule has 3 heterocycles. The van der Waals surface area contributed by atoms with Crippen LogP contribution in [-0.4, -0.2) is 123 Å². The van der Waals surface area contributed by atoms with Crippen molar-refractivity contribution in [2.24, 2.45) is 0 Å². The first-order valence-electron chi connectivity index (χ1n) is 20.2. The molecule has 2 aliphatic heterocycles. The number of carbonyl (C=O) groups excluding carboxylic acids is 4. The second-order valence-corrected chi connectivity index (χ2v) is 20.4. The van der Waals surface area contributed by atoms with E-state index in [9.17, 15) is 53.6 Å². The van der Waals surface area contributed by atoms with Gasteiger partial charge in [-0.2, -0.15) is 17.6 Å². The van der Waals surface area contributed by atoms with Crippen LogP contribution in [0.1, 0.15) is 33.8 Å². The molecule has 7 rings (SSSR count).